The third kappa shape index (κ3) is 7.60. The molecule has 1 aliphatic rings. The summed E-state index contributed by atoms with van der Waals surface area (Å²) < 4.78 is 14.9. The largest absolute Gasteiger partial charge is 1.00 e. The summed E-state index contributed by atoms with van der Waals surface area (Å²) in [6.45, 7) is 9.71. The molecule has 51 heavy (non-hydrogen) atoms. The predicted octanol–water partition coefficient (Wildman–Crippen LogP) is 5.95. The van der Waals surface area contributed by atoms with Gasteiger partial charge in [-0.25, -0.2) is 14.2 Å². The zero-order valence-electron chi connectivity index (χ0n) is 29.1. The average molecular weight is 815 g/mol. The van der Waals surface area contributed by atoms with Crippen LogP contribution in [-0.4, -0.2) is 36.3 Å². The van der Waals surface area contributed by atoms with Crippen molar-refractivity contribution in [2.24, 2.45) is 0 Å². The Kier molecular flexibility index (Phi) is 12.4. The molecule has 10 heteroatoms. The molecule has 1 aromatic heterocycles. The van der Waals surface area contributed by atoms with Gasteiger partial charge in [-0.1, -0.05) is 48.0 Å². The molecule has 2 heterocycles. The Morgan fingerprint density at radius 1 is 0.765 bits per heavy atom. The predicted molar refractivity (Wildman–Crippen MR) is 200 cm³/mol. The van der Waals surface area contributed by atoms with Gasteiger partial charge >= 0.3 is 11.9 Å². The molecule has 0 bridgehead atoms. The van der Waals surface area contributed by atoms with Crippen LogP contribution in [0, 0.1) is 0 Å². The van der Waals surface area contributed by atoms with Gasteiger partial charge in [0.25, 0.3) is 5.82 Å². The summed E-state index contributed by atoms with van der Waals surface area (Å²) in [5.41, 5.74) is 6.70. The zero-order valence-corrected chi connectivity index (χ0v) is 32.0. The van der Waals surface area contributed by atoms with Crippen molar-refractivity contribution in [1.29, 1.82) is 0 Å². The van der Waals surface area contributed by atoms with E-state index in [4.69, 9.17) is 21.1 Å². The van der Waals surface area contributed by atoms with Crippen LogP contribution in [-0.2, 0) is 16.0 Å². The van der Waals surface area contributed by atoms with E-state index in [1.165, 1.54) is 0 Å². The quantitative estimate of drug-likeness (QED) is 0.0712. The molecule has 0 aliphatic carbocycles. The maximum absolute atomic E-state index is 12.6. The fraction of sp³-hybridized carbons (Fsp3) is 0.195. The van der Waals surface area contributed by atoms with Crippen LogP contribution < -0.4 is 38.3 Å². The van der Waals surface area contributed by atoms with Crippen molar-refractivity contribution >= 4 is 57.7 Å². The lowest BCUT2D eigenvalue weighted by atomic mass is 10.1. The number of allylic oxidation sites excluding steroid dienone is 4. The van der Waals surface area contributed by atoms with E-state index in [-0.39, 0.29) is 35.9 Å². The van der Waals surface area contributed by atoms with Crippen LogP contribution in [0.3, 0.4) is 0 Å². The molecule has 0 atom stereocenters. The maximum Gasteiger partial charge on any atom is 0.338 e. The van der Waals surface area contributed by atoms with Crippen molar-refractivity contribution in [3.63, 3.8) is 0 Å². The highest BCUT2D eigenvalue weighted by Crippen LogP contribution is 2.46. The second-order valence-corrected chi connectivity index (χ2v) is 11.9. The first-order valence-corrected chi connectivity index (χ1v) is 17.3. The molecule has 4 aromatic carbocycles. The molecule has 6 rings (SSSR count). The van der Waals surface area contributed by atoms with Gasteiger partial charge in [-0.2, -0.15) is 4.57 Å². The van der Waals surface area contributed by atoms with E-state index in [0.717, 1.165) is 45.4 Å². The molecule has 0 fully saturated rings. The Hall–Kier alpha value is -4.87. The number of esters is 2. The number of benzene rings is 4. The molecule has 5 aromatic rings. The number of nitrogens with zero attached hydrogens (tertiary/aromatic N) is 4. The highest BCUT2D eigenvalue weighted by molar-refractivity contribution is 6.31. The average Bonchev–Trinajstić information content (AvgIpc) is 3.64. The summed E-state index contributed by atoms with van der Waals surface area (Å²) in [6.07, 6.45) is 7.77. The number of rotatable bonds is 11. The van der Waals surface area contributed by atoms with Crippen LogP contribution in [0.2, 0.25) is 0 Å². The number of hydrogen-bond donors (Lipinski definition) is 0. The van der Waals surface area contributed by atoms with Crippen LogP contribution in [0.4, 0.5) is 17.1 Å². The molecule has 0 saturated carbocycles. The maximum atomic E-state index is 12.6. The molecule has 8 nitrogen and oxygen atoms in total. The number of para-hydroxylation sites is 2. The number of aryl methyl sites for hydroxylation is 1. The van der Waals surface area contributed by atoms with Gasteiger partial charge in [-0.05, 0) is 101 Å². The molecule has 0 saturated heterocycles. The van der Waals surface area contributed by atoms with Crippen molar-refractivity contribution < 1.29 is 47.6 Å². The minimum absolute atomic E-state index is 0. The summed E-state index contributed by atoms with van der Waals surface area (Å²) in [5.74, 6) is 1.10. The van der Waals surface area contributed by atoms with E-state index < -0.39 is 0 Å². The summed E-state index contributed by atoms with van der Waals surface area (Å²) in [7, 11) is 0. The Labute approximate surface area is 320 Å². The summed E-state index contributed by atoms with van der Waals surface area (Å²) in [4.78, 5) is 29.6. The van der Waals surface area contributed by atoms with E-state index in [9.17, 15) is 9.59 Å². The van der Waals surface area contributed by atoms with E-state index in [2.05, 4.69) is 57.0 Å². The molecule has 0 radical (unpaired) electrons. The lowest BCUT2D eigenvalue weighted by Gasteiger charge is -2.24. The van der Waals surface area contributed by atoms with Gasteiger partial charge in [-0.15, -0.1) is 0 Å². The number of ether oxygens (including phenoxy) is 2. The number of carbonyl (C=O) groups is 2. The SMILES string of the molecule is CCOC(=O)c1ccc2c(c1)N(CC)/C(=C/C=C(Cl)/C=C/c1n(-c3ccccc3)c3ccc(C(=O)OCC)cc3[n+]1CC)N2c1ccccc1.[I-]. The van der Waals surface area contributed by atoms with Crippen LogP contribution in [0.1, 0.15) is 54.2 Å². The Bertz CT molecular complexity index is 2130. The Morgan fingerprint density at radius 2 is 1.37 bits per heavy atom. The van der Waals surface area contributed by atoms with Crippen LogP contribution in [0.15, 0.2) is 126 Å². The highest BCUT2D eigenvalue weighted by Gasteiger charge is 2.32. The fourth-order valence-electron chi connectivity index (χ4n) is 6.33. The third-order valence-corrected chi connectivity index (χ3v) is 8.74. The molecule has 262 valence electrons. The van der Waals surface area contributed by atoms with Gasteiger partial charge in [0.15, 0.2) is 11.0 Å². The first-order valence-electron chi connectivity index (χ1n) is 16.9. The number of imidazole rings is 1. The second kappa shape index (κ2) is 16.9. The zero-order chi connectivity index (χ0) is 35.2. The van der Waals surface area contributed by atoms with Gasteiger partial charge in [0.05, 0.1) is 42.3 Å². The summed E-state index contributed by atoms with van der Waals surface area (Å²) in [5, 5.41) is 0.518. The van der Waals surface area contributed by atoms with Crippen molar-refractivity contribution in [1.82, 2.24) is 4.57 Å². The van der Waals surface area contributed by atoms with E-state index in [1.807, 2.05) is 85.0 Å². The first-order chi connectivity index (χ1) is 24.4. The molecule has 0 spiro atoms. The monoisotopic (exact) mass is 814 g/mol. The summed E-state index contributed by atoms with van der Waals surface area (Å²) >= 11 is 6.95. The summed E-state index contributed by atoms with van der Waals surface area (Å²) in [6, 6.07) is 31.5. The molecule has 0 unspecified atom stereocenters. The van der Waals surface area contributed by atoms with Crippen molar-refractivity contribution in [3.05, 3.63) is 143 Å². The van der Waals surface area contributed by atoms with Gasteiger partial charge in [0.1, 0.15) is 11.5 Å². The van der Waals surface area contributed by atoms with E-state index in [1.54, 1.807) is 26.0 Å². The standard InChI is InChI=1S/C41H40ClN4O4.HI/c1-5-43-36-27-29(40(47)49-7-3)19-23-34(36)45(32-15-11-9-12-16-32)38(43)25-21-31(42)22-26-39-44(6-2)37-28-30(41(48)50-8-4)20-24-35(37)46(39)33-17-13-10-14-18-33;/h9-28H,5-8H2,1-4H3;1H/q+1;/p-1. The number of carbonyl (C=O) groups excluding carboxylic acids is 2. The molecule has 1 aliphatic heterocycles. The van der Waals surface area contributed by atoms with Crippen LogP contribution in [0.25, 0.3) is 22.8 Å². The topological polar surface area (TPSA) is 67.9 Å². The normalized spacial score (nSPS) is 13.5. The van der Waals surface area contributed by atoms with Crippen molar-refractivity contribution in [2.75, 3.05) is 29.6 Å². The van der Waals surface area contributed by atoms with Crippen LogP contribution >= 0.6 is 11.6 Å². The molecular formula is C41H40ClIN4O4. The van der Waals surface area contributed by atoms with Gasteiger partial charge in [-0.3, -0.25) is 4.90 Å². The fourth-order valence-corrected chi connectivity index (χ4v) is 6.46. The van der Waals surface area contributed by atoms with Crippen molar-refractivity contribution in [2.45, 2.75) is 34.2 Å². The third-order valence-electron chi connectivity index (χ3n) is 8.49. The lowest BCUT2D eigenvalue weighted by Crippen LogP contribution is -3.00. The van der Waals surface area contributed by atoms with E-state index >= 15 is 0 Å². The molecular weight excluding hydrogens is 775 g/mol. The lowest BCUT2D eigenvalue weighted by molar-refractivity contribution is -0.670. The minimum Gasteiger partial charge on any atom is -1.00 e. The number of anilines is 3. The van der Waals surface area contributed by atoms with Crippen LogP contribution in [0.5, 0.6) is 0 Å². The van der Waals surface area contributed by atoms with E-state index in [0.29, 0.717) is 42.5 Å². The number of halogens is 2. The van der Waals surface area contributed by atoms with Gasteiger partial charge in [0.2, 0.25) is 0 Å². The minimum atomic E-state index is -0.350. The smallest absolute Gasteiger partial charge is 0.338 e. The number of hydrogen-bond acceptors (Lipinski definition) is 6. The number of fused-ring (bicyclic) bond motifs is 2. The molecule has 0 amide bonds. The second-order valence-electron chi connectivity index (χ2n) is 11.4. The first kappa shape index (κ1) is 37.4. The van der Waals surface area contributed by atoms with Gasteiger partial charge in [0, 0.05) is 29.4 Å². The highest BCUT2D eigenvalue weighted by atomic mass is 127. The van der Waals surface area contributed by atoms with Gasteiger partial charge < -0.3 is 38.4 Å². The van der Waals surface area contributed by atoms with Crippen molar-refractivity contribution in [3.8, 4) is 5.69 Å². The molecule has 0 N–H and O–H groups in total. The Balaban J connectivity index is 0.00000504. The number of aromatic nitrogens is 2. The Morgan fingerprint density at radius 3 is 1.98 bits per heavy atom.